The van der Waals surface area contributed by atoms with Gasteiger partial charge < -0.3 is 4.74 Å². The van der Waals surface area contributed by atoms with Crippen molar-refractivity contribution in [1.82, 2.24) is 0 Å². The van der Waals surface area contributed by atoms with Crippen LogP contribution in [-0.4, -0.2) is 7.11 Å². The zero-order valence-electron chi connectivity index (χ0n) is 19.5. The predicted octanol–water partition coefficient (Wildman–Crippen LogP) is 9.68. The standard InChI is InChI=1S/C25H31O.4ClH.Zr/c1-16-14-17-10-9-11-18(20(17)15-16)19-12-13-21(24(2,3)4)23(26-8)22(19)25(5,6)7;;;;;/h9-15H,1-8H3;4*1H;/q;;;;;+4/p-4. The molecule has 0 heterocycles. The third kappa shape index (κ3) is 7.25. The molecule has 0 amide bonds. The van der Waals surface area contributed by atoms with Crippen molar-refractivity contribution in [3.63, 3.8) is 0 Å². The van der Waals surface area contributed by atoms with Crippen LogP contribution >= 0.6 is 34.1 Å². The van der Waals surface area contributed by atoms with Gasteiger partial charge in [-0.15, -0.1) is 0 Å². The summed E-state index contributed by atoms with van der Waals surface area (Å²) < 4.78 is 6.01. The van der Waals surface area contributed by atoms with E-state index in [1.165, 1.54) is 39.0 Å². The Labute approximate surface area is 206 Å². The van der Waals surface area contributed by atoms with Crippen LogP contribution in [0, 0.1) is 6.42 Å². The van der Waals surface area contributed by atoms with E-state index < -0.39 is 15.5 Å². The number of allylic oxidation sites excluding steroid dienone is 1. The minimum absolute atomic E-state index is 0.0221. The van der Waals surface area contributed by atoms with Crippen molar-refractivity contribution in [1.29, 1.82) is 0 Å². The van der Waals surface area contributed by atoms with Crippen LogP contribution in [0.15, 0.2) is 35.9 Å². The molecule has 0 N–H and O–H groups in total. The summed E-state index contributed by atoms with van der Waals surface area (Å²) in [5.74, 6) is 1.03. The SMILES string of the molecule is COc1c(C(C)(C)C)ccc(-c2cccc3c2C=C(C)[CH]3)c1C(C)(C)C.[Cl][Zr]([Cl])([Cl])[Cl]. The van der Waals surface area contributed by atoms with Crippen LogP contribution in [0.1, 0.15) is 70.7 Å². The molecule has 31 heavy (non-hydrogen) atoms. The van der Waals surface area contributed by atoms with Gasteiger partial charge in [-0.25, -0.2) is 0 Å². The first-order valence-electron chi connectivity index (χ1n) is 10.2. The average Bonchev–Trinajstić information content (AvgIpc) is 2.97. The van der Waals surface area contributed by atoms with Crippen molar-refractivity contribution in [3.05, 3.63) is 64.6 Å². The van der Waals surface area contributed by atoms with E-state index in [0.717, 1.165) is 5.75 Å². The fourth-order valence-electron chi connectivity index (χ4n) is 3.97. The molecule has 0 bridgehead atoms. The molecule has 0 fully saturated rings. The van der Waals surface area contributed by atoms with Gasteiger partial charge in [-0.2, -0.15) is 0 Å². The van der Waals surface area contributed by atoms with Crippen molar-refractivity contribution < 1.29 is 20.2 Å². The van der Waals surface area contributed by atoms with Crippen molar-refractivity contribution in [3.8, 4) is 16.9 Å². The maximum atomic E-state index is 6.01. The Bertz CT molecular complexity index is 971. The first-order valence-corrected chi connectivity index (χ1v) is 22.8. The Hall–Kier alpha value is 0.0231. The monoisotopic (exact) mass is 577 g/mol. The van der Waals surface area contributed by atoms with E-state index in [9.17, 15) is 0 Å². The molecule has 0 atom stereocenters. The van der Waals surface area contributed by atoms with Crippen molar-refractivity contribution in [2.75, 3.05) is 7.11 Å². The van der Waals surface area contributed by atoms with Crippen LogP contribution in [0.3, 0.4) is 0 Å². The van der Waals surface area contributed by atoms with Gasteiger partial charge in [-0.1, -0.05) is 83.5 Å². The van der Waals surface area contributed by atoms with Crippen LogP contribution < -0.4 is 4.74 Å². The molecule has 1 aliphatic carbocycles. The zero-order valence-corrected chi connectivity index (χ0v) is 24.9. The molecule has 0 unspecified atom stereocenters. The van der Waals surface area contributed by atoms with Gasteiger partial charge in [0, 0.05) is 12.0 Å². The molecule has 0 saturated heterocycles. The van der Waals surface area contributed by atoms with Crippen LogP contribution in [-0.2, 0) is 26.3 Å². The van der Waals surface area contributed by atoms with Gasteiger partial charge >= 0.3 is 49.5 Å². The van der Waals surface area contributed by atoms with E-state index in [1.807, 2.05) is 0 Å². The summed E-state index contributed by atoms with van der Waals surface area (Å²) in [6.45, 7) is 15.7. The number of rotatable bonds is 2. The molecule has 0 spiro atoms. The number of hydrogen-bond donors (Lipinski definition) is 0. The van der Waals surface area contributed by atoms with Crippen LogP contribution in [0.4, 0.5) is 0 Å². The number of hydrogen-bond acceptors (Lipinski definition) is 1. The van der Waals surface area contributed by atoms with Crippen LogP contribution in [0.5, 0.6) is 5.75 Å². The molecule has 1 nitrogen and oxygen atoms in total. The van der Waals surface area contributed by atoms with Crippen molar-refractivity contribution >= 4 is 40.1 Å². The Kier molecular flexibility index (Phi) is 8.89. The van der Waals surface area contributed by atoms with Gasteiger partial charge in [0.05, 0.1) is 7.11 Å². The number of fused-ring (bicyclic) bond motifs is 1. The van der Waals surface area contributed by atoms with E-state index >= 15 is 0 Å². The third-order valence-electron chi connectivity index (χ3n) is 5.11. The molecule has 6 heteroatoms. The van der Waals surface area contributed by atoms with E-state index in [4.69, 9.17) is 38.8 Å². The van der Waals surface area contributed by atoms with E-state index in [0.29, 0.717) is 0 Å². The fourth-order valence-corrected chi connectivity index (χ4v) is 3.97. The van der Waals surface area contributed by atoms with Gasteiger partial charge in [-0.05, 0) is 45.6 Å². The summed E-state index contributed by atoms with van der Waals surface area (Å²) in [4.78, 5) is 0. The topological polar surface area (TPSA) is 9.23 Å². The summed E-state index contributed by atoms with van der Waals surface area (Å²) in [7, 11) is 21.9. The minimum atomic E-state index is -3.29. The Balaban J connectivity index is 0.000000614. The van der Waals surface area contributed by atoms with E-state index in [-0.39, 0.29) is 10.8 Å². The molecule has 0 saturated carbocycles. The molecule has 0 aliphatic heterocycles. The summed E-state index contributed by atoms with van der Waals surface area (Å²) in [5, 5.41) is 0. The van der Waals surface area contributed by atoms with E-state index in [2.05, 4.69) is 91.3 Å². The van der Waals surface area contributed by atoms with Gasteiger partial charge in [0.25, 0.3) is 0 Å². The van der Waals surface area contributed by atoms with Gasteiger partial charge in [0.1, 0.15) is 5.75 Å². The summed E-state index contributed by atoms with van der Waals surface area (Å²) in [5.41, 5.74) is 9.07. The number of ether oxygens (including phenoxy) is 1. The number of halogens is 4. The maximum absolute atomic E-state index is 6.01. The van der Waals surface area contributed by atoms with Crippen molar-refractivity contribution in [2.45, 2.75) is 59.3 Å². The van der Waals surface area contributed by atoms with Crippen LogP contribution in [0.25, 0.3) is 17.2 Å². The number of methoxy groups -OCH3 is 1. The summed E-state index contributed by atoms with van der Waals surface area (Å²) >= 11 is -3.29. The Morgan fingerprint density at radius 3 is 1.87 bits per heavy atom. The second kappa shape index (κ2) is 10.1. The third-order valence-corrected chi connectivity index (χ3v) is 5.11. The van der Waals surface area contributed by atoms with Gasteiger partial charge in [-0.3, -0.25) is 0 Å². The second-order valence-corrected chi connectivity index (χ2v) is 32.2. The molecule has 2 aromatic rings. The average molecular weight is 581 g/mol. The molecule has 2 aromatic carbocycles. The zero-order chi connectivity index (χ0) is 23.8. The number of benzene rings is 2. The second-order valence-electron chi connectivity index (χ2n) is 9.84. The van der Waals surface area contributed by atoms with Gasteiger partial charge in [0.15, 0.2) is 0 Å². The Morgan fingerprint density at radius 1 is 0.806 bits per heavy atom. The molecule has 0 aromatic heterocycles. The molecular weight excluding hydrogens is 549 g/mol. The van der Waals surface area contributed by atoms with E-state index in [1.54, 1.807) is 7.11 Å². The van der Waals surface area contributed by atoms with Crippen LogP contribution in [0.2, 0.25) is 0 Å². The Morgan fingerprint density at radius 2 is 1.39 bits per heavy atom. The summed E-state index contributed by atoms with van der Waals surface area (Å²) in [6, 6.07) is 11.1. The first kappa shape index (κ1) is 27.3. The first-order chi connectivity index (χ1) is 14.0. The normalized spacial score (nSPS) is 13.9. The molecule has 1 aliphatic rings. The summed E-state index contributed by atoms with van der Waals surface area (Å²) in [6.07, 6.45) is 4.55. The molecule has 169 valence electrons. The molecule has 1 radical (unpaired) electrons. The fraction of sp³-hybridized carbons (Fsp3) is 0.400. The van der Waals surface area contributed by atoms with Gasteiger partial charge in [0.2, 0.25) is 0 Å². The molecular formula is C25H31Cl4OZr. The van der Waals surface area contributed by atoms with Crippen molar-refractivity contribution in [2.24, 2.45) is 0 Å². The quantitative estimate of drug-likeness (QED) is 0.344. The predicted molar refractivity (Wildman–Crippen MR) is 136 cm³/mol. The molecule has 3 rings (SSSR count).